The van der Waals surface area contributed by atoms with Gasteiger partial charge in [0.1, 0.15) is 23.7 Å². The maximum absolute atomic E-state index is 14.2. The average molecular weight is 417 g/mol. The molecular weight excluding hydrogens is 397 g/mol. The minimum Gasteiger partial charge on any atom is -0.490 e. The van der Waals surface area contributed by atoms with Crippen molar-refractivity contribution in [3.05, 3.63) is 41.9 Å². The van der Waals surface area contributed by atoms with E-state index in [4.69, 9.17) is 15.2 Å². The minimum atomic E-state index is -2.97. The molecule has 5 nitrogen and oxygen atoms in total. The summed E-state index contributed by atoms with van der Waals surface area (Å²) in [7, 11) is 0. The largest absolute Gasteiger partial charge is 0.490 e. The van der Waals surface area contributed by atoms with Crippen LogP contribution in [0, 0.1) is 0 Å². The van der Waals surface area contributed by atoms with Crippen LogP contribution >= 0.6 is 0 Å². The summed E-state index contributed by atoms with van der Waals surface area (Å²) in [6, 6.07) is 5.11. The van der Waals surface area contributed by atoms with Crippen molar-refractivity contribution in [3.63, 3.8) is 0 Å². The fourth-order valence-electron chi connectivity index (χ4n) is 3.07. The summed E-state index contributed by atoms with van der Waals surface area (Å²) in [6.07, 6.45) is -4.67. The van der Waals surface area contributed by atoms with Crippen LogP contribution in [-0.4, -0.2) is 41.0 Å². The van der Waals surface area contributed by atoms with Crippen LogP contribution in [0.4, 0.5) is 22.0 Å². The van der Waals surface area contributed by atoms with Gasteiger partial charge in [-0.2, -0.15) is 0 Å². The van der Waals surface area contributed by atoms with Crippen LogP contribution in [0.5, 0.6) is 5.75 Å². The Kier molecular flexibility index (Phi) is 6.04. The minimum absolute atomic E-state index is 0.0526. The van der Waals surface area contributed by atoms with Crippen molar-refractivity contribution in [1.82, 2.24) is 9.97 Å². The molecule has 1 saturated heterocycles. The Morgan fingerprint density at radius 3 is 2.52 bits per heavy atom. The molecule has 1 aliphatic rings. The average Bonchev–Trinajstić information content (AvgIpc) is 2.64. The summed E-state index contributed by atoms with van der Waals surface area (Å²) in [5.41, 5.74) is 2.53. The van der Waals surface area contributed by atoms with E-state index in [0.29, 0.717) is 0 Å². The highest BCUT2D eigenvalue weighted by Crippen LogP contribution is 2.34. The molecule has 1 fully saturated rings. The summed E-state index contributed by atoms with van der Waals surface area (Å²) in [4.78, 5) is 7.40. The second-order valence-corrected chi connectivity index (χ2v) is 7.41. The molecule has 1 atom stereocenters. The van der Waals surface area contributed by atoms with E-state index in [2.05, 4.69) is 9.97 Å². The van der Waals surface area contributed by atoms with Crippen LogP contribution in [0.15, 0.2) is 30.5 Å². The van der Waals surface area contributed by atoms with Crippen molar-refractivity contribution in [2.45, 2.75) is 37.4 Å². The Bertz CT molecular complexity index is 859. The van der Waals surface area contributed by atoms with Crippen molar-refractivity contribution in [3.8, 4) is 17.0 Å². The zero-order chi connectivity index (χ0) is 21.2. The van der Waals surface area contributed by atoms with Crippen LogP contribution in [0.3, 0.4) is 0 Å². The standard InChI is InChI=1S/C19H20F5N3O2/c1-18(25,7-19(24)9-28-10-19)8-29-14-3-2-12(27-15(14)17(22)23)11-4-5-26-13(6-11)16(20)21/h2-6,16-17H,7-10,25H2,1H3. The van der Waals surface area contributed by atoms with E-state index in [-0.39, 0.29) is 43.2 Å². The number of hydrogen-bond donors (Lipinski definition) is 1. The molecule has 3 heterocycles. The molecule has 0 aromatic carbocycles. The first-order valence-electron chi connectivity index (χ1n) is 8.80. The third-order valence-electron chi connectivity index (χ3n) is 4.39. The number of rotatable bonds is 8. The highest BCUT2D eigenvalue weighted by atomic mass is 19.3. The zero-order valence-corrected chi connectivity index (χ0v) is 15.5. The number of nitrogens with two attached hydrogens (primary N) is 1. The molecule has 0 radical (unpaired) electrons. The Morgan fingerprint density at radius 1 is 1.21 bits per heavy atom. The topological polar surface area (TPSA) is 70.3 Å². The maximum Gasteiger partial charge on any atom is 0.284 e. The van der Waals surface area contributed by atoms with Gasteiger partial charge < -0.3 is 15.2 Å². The summed E-state index contributed by atoms with van der Waals surface area (Å²) in [5, 5.41) is 0. The van der Waals surface area contributed by atoms with Crippen LogP contribution < -0.4 is 10.5 Å². The quantitative estimate of drug-likeness (QED) is 0.651. The van der Waals surface area contributed by atoms with Gasteiger partial charge in [-0.3, -0.25) is 4.98 Å². The third kappa shape index (κ3) is 5.18. The van der Waals surface area contributed by atoms with Crippen molar-refractivity contribution in [1.29, 1.82) is 0 Å². The lowest BCUT2D eigenvalue weighted by molar-refractivity contribution is -0.142. The van der Waals surface area contributed by atoms with E-state index < -0.39 is 35.4 Å². The molecule has 0 saturated carbocycles. The van der Waals surface area contributed by atoms with Crippen molar-refractivity contribution < 1.29 is 31.4 Å². The number of aromatic nitrogens is 2. The van der Waals surface area contributed by atoms with Gasteiger partial charge in [-0.15, -0.1) is 0 Å². The molecule has 2 N–H and O–H groups in total. The van der Waals surface area contributed by atoms with E-state index in [1.807, 2.05) is 0 Å². The number of pyridine rings is 2. The zero-order valence-electron chi connectivity index (χ0n) is 15.5. The summed E-state index contributed by atoms with van der Waals surface area (Å²) >= 11 is 0. The van der Waals surface area contributed by atoms with Gasteiger partial charge in [0.25, 0.3) is 12.9 Å². The van der Waals surface area contributed by atoms with E-state index in [1.54, 1.807) is 6.92 Å². The lowest BCUT2D eigenvalue weighted by atomic mass is 9.87. The molecular formula is C19H20F5N3O2. The van der Waals surface area contributed by atoms with E-state index in [0.717, 1.165) is 12.3 Å². The SMILES string of the molecule is CC(N)(COc1ccc(-c2ccnc(C(F)F)c2)nc1C(F)F)CC1(F)COC1. The van der Waals surface area contributed by atoms with Gasteiger partial charge in [0, 0.05) is 18.2 Å². The van der Waals surface area contributed by atoms with Crippen molar-refractivity contribution in [2.24, 2.45) is 5.73 Å². The molecule has 2 aromatic heterocycles. The predicted octanol–water partition coefficient (Wildman–Crippen LogP) is 4.24. The second kappa shape index (κ2) is 8.19. The fraction of sp³-hybridized carbons (Fsp3) is 0.474. The van der Waals surface area contributed by atoms with Crippen molar-refractivity contribution in [2.75, 3.05) is 19.8 Å². The van der Waals surface area contributed by atoms with Gasteiger partial charge in [-0.1, -0.05) is 0 Å². The number of alkyl halides is 5. The van der Waals surface area contributed by atoms with Gasteiger partial charge in [0.2, 0.25) is 0 Å². The second-order valence-electron chi connectivity index (χ2n) is 7.41. The van der Waals surface area contributed by atoms with Crippen LogP contribution in [0.25, 0.3) is 11.3 Å². The Hall–Kier alpha value is -2.33. The molecule has 10 heteroatoms. The molecule has 2 aromatic rings. The summed E-state index contributed by atoms with van der Waals surface area (Å²) in [5.74, 6) is -0.207. The van der Waals surface area contributed by atoms with Gasteiger partial charge in [-0.05, 0) is 31.2 Å². The lowest BCUT2D eigenvalue weighted by Gasteiger charge is -2.39. The molecule has 0 spiro atoms. The summed E-state index contributed by atoms with van der Waals surface area (Å²) < 4.78 is 77.1. The Balaban J connectivity index is 1.78. The highest BCUT2D eigenvalue weighted by molar-refractivity contribution is 5.60. The van der Waals surface area contributed by atoms with Gasteiger partial charge in [0.05, 0.1) is 24.4 Å². The number of ether oxygens (including phenoxy) is 2. The third-order valence-corrected chi connectivity index (χ3v) is 4.39. The molecule has 0 bridgehead atoms. The smallest absolute Gasteiger partial charge is 0.284 e. The number of halogens is 5. The fourth-order valence-corrected chi connectivity index (χ4v) is 3.07. The van der Waals surface area contributed by atoms with Crippen molar-refractivity contribution >= 4 is 0 Å². The Morgan fingerprint density at radius 2 is 1.93 bits per heavy atom. The molecule has 29 heavy (non-hydrogen) atoms. The lowest BCUT2D eigenvalue weighted by Crippen LogP contribution is -2.55. The molecule has 1 unspecified atom stereocenters. The van der Waals surface area contributed by atoms with E-state index >= 15 is 0 Å². The molecule has 158 valence electrons. The van der Waals surface area contributed by atoms with Gasteiger partial charge >= 0.3 is 0 Å². The first kappa shape index (κ1) is 21.4. The van der Waals surface area contributed by atoms with E-state index in [1.165, 1.54) is 18.2 Å². The molecule has 1 aliphatic heterocycles. The normalized spacial score (nSPS) is 17.8. The Labute approximate surface area is 164 Å². The monoisotopic (exact) mass is 417 g/mol. The number of hydrogen-bond acceptors (Lipinski definition) is 5. The highest BCUT2D eigenvalue weighted by Gasteiger charge is 2.44. The van der Waals surface area contributed by atoms with Crippen LogP contribution in [-0.2, 0) is 4.74 Å². The van der Waals surface area contributed by atoms with Gasteiger partial charge in [-0.25, -0.2) is 26.9 Å². The molecule has 3 rings (SSSR count). The van der Waals surface area contributed by atoms with E-state index in [9.17, 15) is 22.0 Å². The maximum atomic E-state index is 14.2. The molecule has 0 amide bonds. The molecule has 0 aliphatic carbocycles. The van der Waals surface area contributed by atoms with Gasteiger partial charge in [0.15, 0.2) is 5.67 Å². The number of nitrogens with zero attached hydrogens (tertiary/aromatic N) is 2. The van der Waals surface area contributed by atoms with Crippen LogP contribution in [0.2, 0.25) is 0 Å². The van der Waals surface area contributed by atoms with Crippen LogP contribution in [0.1, 0.15) is 37.6 Å². The predicted molar refractivity (Wildman–Crippen MR) is 94.7 cm³/mol. The first-order chi connectivity index (χ1) is 13.6. The summed E-state index contributed by atoms with van der Waals surface area (Å²) in [6.45, 7) is 1.21. The first-order valence-corrected chi connectivity index (χ1v) is 8.80.